The van der Waals surface area contributed by atoms with Crippen LogP contribution >= 0.6 is 0 Å². The Balaban J connectivity index is 0.00000225. The molecule has 6 nitrogen and oxygen atoms in total. The van der Waals surface area contributed by atoms with Gasteiger partial charge >= 0.3 is 29.6 Å². The van der Waals surface area contributed by atoms with Crippen LogP contribution in [0.1, 0.15) is 5.56 Å². The van der Waals surface area contributed by atoms with Crippen LogP contribution in [0, 0.1) is 0 Å². The van der Waals surface area contributed by atoms with Crippen molar-refractivity contribution in [3.8, 4) is 11.5 Å². The van der Waals surface area contributed by atoms with Gasteiger partial charge in [-0.15, -0.1) is 0 Å². The Morgan fingerprint density at radius 3 is 2.38 bits per heavy atom. The maximum Gasteiger partial charge on any atom is 1.00 e. The maximum absolute atomic E-state index is 10.0. The molecule has 0 saturated carbocycles. The first-order valence-electron chi connectivity index (χ1n) is 3.71. The van der Waals surface area contributed by atoms with Gasteiger partial charge in [-0.2, -0.15) is 0 Å². The Bertz CT molecular complexity index is 481. The largest absolute Gasteiger partial charge is 1.00 e. The van der Waals surface area contributed by atoms with Crippen molar-refractivity contribution >= 4 is 16.5 Å². The molecule has 0 heterocycles. The first-order chi connectivity index (χ1) is 6.88. The quantitative estimate of drug-likeness (QED) is 0.204. The van der Waals surface area contributed by atoms with Crippen LogP contribution in [0.3, 0.4) is 0 Å². The Morgan fingerprint density at radius 2 is 1.88 bits per heavy atom. The molecule has 2 N–H and O–H groups in total. The van der Waals surface area contributed by atoms with Crippen molar-refractivity contribution in [2.75, 3.05) is 0 Å². The molecule has 0 aliphatic heterocycles. The minimum Gasteiger partial charge on any atom is -0.716 e. The van der Waals surface area contributed by atoms with E-state index in [0.29, 0.717) is 11.8 Å². The van der Waals surface area contributed by atoms with Crippen LogP contribution in [-0.4, -0.2) is 23.2 Å². The van der Waals surface area contributed by atoms with E-state index < -0.39 is 10.4 Å². The van der Waals surface area contributed by atoms with Gasteiger partial charge in [0.15, 0.2) is 11.5 Å². The van der Waals surface area contributed by atoms with Crippen LogP contribution in [0.15, 0.2) is 24.5 Å². The van der Waals surface area contributed by atoms with E-state index in [9.17, 15) is 13.0 Å². The summed E-state index contributed by atoms with van der Waals surface area (Å²) in [7, 11) is -4.76. The molecule has 8 heteroatoms. The van der Waals surface area contributed by atoms with Crippen LogP contribution < -0.4 is 29.6 Å². The molecule has 0 aromatic heterocycles. The molecule has 82 valence electrons. The van der Waals surface area contributed by atoms with E-state index in [1.807, 2.05) is 0 Å². The first-order valence-corrected chi connectivity index (χ1v) is 5.04. The van der Waals surface area contributed by atoms with E-state index in [1.165, 1.54) is 18.2 Å². The van der Waals surface area contributed by atoms with Crippen molar-refractivity contribution in [1.82, 2.24) is 0 Å². The molecular formula is C8H7NaO6S. The van der Waals surface area contributed by atoms with Crippen molar-refractivity contribution in [2.24, 2.45) is 0 Å². The smallest absolute Gasteiger partial charge is 0.716 e. The summed E-state index contributed by atoms with van der Waals surface area (Å²) in [6, 6.07) is 3.78. The molecule has 0 spiro atoms. The molecule has 0 fully saturated rings. The van der Waals surface area contributed by atoms with Gasteiger partial charge in [0.05, 0.1) is 0 Å². The molecule has 0 atom stereocenters. The summed E-state index contributed by atoms with van der Waals surface area (Å²) in [6.45, 7) is 0. The van der Waals surface area contributed by atoms with Gasteiger partial charge in [0.2, 0.25) is 0 Å². The minimum atomic E-state index is -4.76. The van der Waals surface area contributed by atoms with Crippen molar-refractivity contribution < 1.29 is 56.9 Å². The van der Waals surface area contributed by atoms with Crippen LogP contribution in [-0.2, 0) is 14.6 Å². The van der Waals surface area contributed by atoms with Gasteiger partial charge in [-0.1, -0.05) is 6.07 Å². The molecular weight excluding hydrogens is 247 g/mol. The third kappa shape index (κ3) is 5.38. The number of rotatable bonds is 3. The second-order valence-corrected chi connectivity index (χ2v) is 3.56. The SMILES string of the molecule is O=S(=O)([O-])O/C=C\c1ccc(O)c(O)c1.[Na+]. The Hall–Kier alpha value is -0.730. The van der Waals surface area contributed by atoms with Gasteiger partial charge in [-0.3, -0.25) is 0 Å². The Labute approximate surface area is 114 Å². The Morgan fingerprint density at radius 1 is 1.25 bits per heavy atom. The van der Waals surface area contributed by atoms with Gasteiger partial charge in [0.25, 0.3) is 10.4 Å². The number of phenolic OH excluding ortho intramolecular Hbond substituents is 2. The fraction of sp³-hybridized carbons (Fsp3) is 0. The maximum atomic E-state index is 10.0. The Kier molecular flexibility index (Phi) is 5.84. The second-order valence-electron chi connectivity index (χ2n) is 2.56. The van der Waals surface area contributed by atoms with Gasteiger partial charge in [0, 0.05) is 0 Å². The molecule has 0 aliphatic carbocycles. The fourth-order valence-electron chi connectivity index (χ4n) is 0.819. The fourth-order valence-corrected chi connectivity index (χ4v) is 1.01. The molecule has 0 bridgehead atoms. The van der Waals surface area contributed by atoms with Gasteiger partial charge in [-0.05, 0) is 23.8 Å². The zero-order valence-corrected chi connectivity index (χ0v) is 11.1. The van der Waals surface area contributed by atoms with Gasteiger partial charge < -0.3 is 18.9 Å². The zero-order chi connectivity index (χ0) is 11.5. The first kappa shape index (κ1) is 15.3. The summed E-state index contributed by atoms with van der Waals surface area (Å²) in [6.07, 6.45) is 1.82. The normalized spacial score (nSPS) is 11.1. The van der Waals surface area contributed by atoms with E-state index in [0.717, 1.165) is 6.08 Å². The van der Waals surface area contributed by atoms with Crippen molar-refractivity contribution in [3.05, 3.63) is 30.0 Å². The minimum absolute atomic E-state index is 0. The predicted octanol–water partition coefficient (Wildman–Crippen LogP) is -2.45. The summed E-state index contributed by atoms with van der Waals surface area (Å²) in [5, 5.41) is 18.0. The van der Waals surface area contributed by atoms with Crippen molar-refractivity contribution in [2.45, 2.75) is 0 Å². The monoisotopic (exact) mass is 254 g/mol. The molecule has 0 unspecified atom stereocenters. The molecule has 0 saturated heterocycles. The van der Waals surface area contributed by atoms with Gasteiger partial charge in [0.1, 0.15) is 6.26 Å². The summed E-state index contributed by atoms with van der Waals surface area (Å²) >= 11 is 0. The molecule has 1 aromatic carbocycles. The van der Waals surface area contributed by atoms with Crippen molar-refractivity contribution in [3.63, 3.8) is 0 Å². The van der Waals surface area contributed by atoms with Crippen molar-refractivity contribution in [1.29, 1.82) is 0 Å². The van der Waals surface area contributed by atoms with Crippen LogP contribution in [0.25, 0.3) is 6.08 Å². The standard InChI is InChI=1S/C8H8O6S.Na/c9-7-2-1-6(5-8(7)10)3-4-14-15(11,12)13;/h1-5,9-10H,(H,11,12,13);/q;+1/p-1/b4-3-;. The number of benzene rings is 1. The molecule has 0 amide bonds. The third-order valence-electron chi connectivity index (χ3n) is 1.43. The van der Waals surface area contributed by atoms with Gasteiger partial charge in [-0.25, -0.2) is 8.42 Å². The van der Waals surface area contributed by atoms with Crippen LogP contribution in [0.5, 0.6) is 11.5 Å². The van der Waals surface area contributed by atoms with E-state index >= 15 is 0 Å². The number of hydrogen-bond donors (Lipinski definition) is 2. The van der Waals surface area contributed by atoms with Crippen LogP contribution in [0.4, 0.5) is 0 Å². The average molecular weight is 254 g/mol. The number of aromatic hydroxyl groups is 2. The molecule has 0 aliphatic rings. The van der Waals surface area contributed by atoms with E-state index in [2.05, 4.69) is 4.18 Å². The third-order valence-corrected chi connectivity index (χ3v) is 1.78. The summed E-state index contributed by atoms with van der Waals surface area (Å²) in [4.78, 5) is 0. The molecule has 16 heavy (non-hydrogen) atoms. The average Bonchev–Trinajstić information content (AvgIpc) is 2.09. The molecule has 1 aromatic rings. The topological polar surface area (TPSA) is 107 Å². The van der Waals surface area contributed by atoms with E-state index in [4.69, 9.17) is 10.2 Å². The second kappa shape index (κ2) is 6.12. The number of phenols is 2. The summed E-state index contributed by atoms with van der Waals surface area (Å²) in [5.41, 5.74) is 0.369. The molecule has 0 radical (unpaired) electrons. The summed E-state index contributed by atoms with van der Waals surface area (Å²) < 4.78 is 33.9. The zero-order valence-electron chi connectivity index (χ0n) is 8.32. The summed E-state index contributed by atoms with van der Waals surface area (Å²) in [5.74, 6) is -0.661. The van der Waals surface area contributed by atoms with E-state index in [-0.39, 0.29) is 41.1 Å². The number of hydrogen-bond acceptors (Lipinski definition) is 6. The van der Waals surface area contributed by atoms with Crippen LogP contribution in [0.2, 0.25) is 0 Å². The van der Waals surface area contributed by atoms with E-state index in [1.54, 1.807) is 0 Å². The molecule has 1 rings (SSSR count). The predicted molar refractivity (Wildman–Crippen MR) is 49.6 cm³/mol.